The number of thiocarbonyl (C=S) groups is 1. The van der Waals surface area contributed by atoms with Crippen LogP contribution in [0.15, 0.2) is 0 Å². The summed E-state index contributed by atoms with van der Waals surface area (Å²) in [4.78, 5) is 10.3. The molecular weight excluding hydrogens is 224 g/mol. The van der Waals surface area contributed by atoms with Gasteiger partial charge in [0.2, 0.25) is 0 Å². The van der Waals surface area contributed by atoms with Gasteiger partial charge < -0.3 is 9.84 Å². The lowest BCUT2D eigenvalue weighted by Crippen LogP contribution is -2.13. The Morgan fingerprint density at radius 1 is 1.38 bits per heavy atom. The smallest absolute Gasteiger partial charge is 0.303 e. The Morgan fingerprint density at radius 3 is 2.56 bits per heavy atom. The van der Waals surface area contributed by atoms with Gasteiger partial charge in [-0.2, -0.15) is 0 Å². The third-order valence-electron chi connectivity index (χ3n) is 2.57. The molecule has 94 valence electrons. The molecule has 16 heavy (non-hydrogen) atoms. The molecule has 3 nitrogen and oxygen atoms in total. The molecule has 0 radical (unpaired) electrons. The molecule has 0 aromatic heterocycles. The van der Waals surface area contributed by atoms with Gasteiger partial charge in [0.25, 0.3) is 0 Å². The molecule has 0 saturated carbocycles. The molecule has 0 bridgehead atoms. The fourth-order valence-corrected chi connectivity index (χ4v) is 1.56. The van der Waals surface area contributed by atoms with Crippen molar-refractivity contribution in [2.45, 2.75) is 52.4 Å². The Morgan fingerprint density at radius 2 is 2.06 bits per heavy atom. The number of unbranched alkanes of at least 4 members (excludes halogenated alkanes) is 1. The molecule has 0 aromatic rings. The molecule has 0 spiro atoms. The van der Waals surface area contributed by atoms with E-state index in [2.05, 4.69) is 13.8 Å². The molecule has 1 atom stereocenters. The van der Waals surface area contributed by atoms with Gasteiger partial charge in [0.15, 0.2) is 5.05 Å². The zero-order valence-electron chi connectivity index (χ0n) is 10.2. The average molecular weight is 246 g/mol. The third-order valence-corrected chi connectivity index (χ3v) is 2.89. The van der Waals surface area contributed by atoms with E-state index in [9.17, 15) is 4.79 Å². The van der Waals surface area contributed by atoms with Crippen molar-refractivity contribution in [1.82, 2.24) is 0 Å². The van der Waals surface area contributed by atoms with Crippen LogP contribution in [0.25, 0.3) is 0 Å². The average Bonchev–Trinajstić information content (AvgIpc) is 2.26. The molecule has 1 N–H and O–H groups in total. The number of carbonyl (C=O) groups is 1. The molecule has 0 heterocycles. The summed E-state index contributed by atoms with van der Waals surface area (Å²) in [5, 5.41) is 8.91. The standard InChI is InChI=1S/C12H22O3S/c1-3-5-6-10(4-2)9-15-12(16)8-7-11(13)14/h10H,3-9H2,1-2H3,(H,13,14). The molecule has 0 rings (SSSR count). The van der Waals surface area contributed by atoms with Crippen molar-refractivity contribution in [2.24, 2.45) is 5.92 Å². The van der Waals surface area contributed by atoms with Gasteiger partial charge in [0, 0.05) is 6.42 Å². The summed E-state index contributed by atoms with van der Waals surface area (Å²) in [6.07, 6.45) is 5.05. The van der Waals surface area contributed by atoms with Crippen molar-refractivity contribution >= 4 is 23.2 Å². The van der Waals surface area contributed by atoms with E-state index in [1.54, 1.807) is 0 Å². The van der Waals surface area contributed by atoms with Crippen molar-refractivity contribution in [3.63, 3.8) is 0 Å². The Kier molecular flexibility index (Phi) is 9.19. The zero-order chi connectivity index (χ0) is 12.4. The maximum atomic E-state index is 10.3. The minimum Gasteiger partial charge on any atom is -0.487 e. The predicted octanol–water partition coefficient (Wildman–Crippen LogP) is 3.41. The van der Waals surface area contributed by atoms with Gasteiger partial charge in [-0.3, -0.25) is 4.79 Å². The molecule has 0 aromatic carbocycles. The summed E-state index contributed by atoms with van der Waals surface area (Å²) in [5.74, 6) is -0.285. The largest absolute Gasteiger partial charge is 0.487 e. The van der Waals surface area contributed by atoms with Crippen LogP contribution in [-0.2, 0) is 9.53 Å². The Hall–Kier alpha value is -0.640. The van der Waals surface area contributed by atoms with Crippen LogP contribution < -0.4 is 0 Å². The summed E-state index contributed by atoms with van der Waals surface area (Å²) in [5.41, 5.74) is 0. The van der Waals surface area contributed by atoms with Crippen LogP contribution in [-0.4, -0.2) is 22.7 Å². The highest BCUT2D eigenvalue weighted by molar-refractivity contribution is 7.80. The lowest BCUT2D eigenvalue weighted by Gasteiger charge is -2.15. The van der Waals surface area contributed by atoms with Crippen molar-refractivity contribution in [2.75, 3.05) is 6.61 Å². The van der Waals surface area contributed by atoms with Gasteiger partial charge in [0.05, 0.1) is 13.0 Å². The van der Waals surface area contributed by atoms with Gasteiger partial charge in [-0.25, -0.2) is 0 Å². The van der Waals surface area contributed by atoms with Crippen LogP contribution in [0.3, 0.4) is 0 Å². The molecule has 0 amide bonds. The maximum Gasteiger partial charge on any atom is 0.303 e. The monoisotopic (exact) mass is 246 g/mol. The first kappa shape index (κ1) is 15.4. The normalized spacial score (nSPS) is 12.1. The first-order valence-corrected chi connectivity index (χ1v) is 6.38. The van der Waals surface area contributed by atoms with Crippen molar-refractivity contribution in [3.8, 4) is 0 Å². The number of ether oxygens (including phenoxy) is 1. The fraction of sp³-hybridized carbons (Fsp3) is 0.833. The highest BCUT2D eigenvalue weighted by Crippen LogP contribution is 2.13. The van der Waals surface area contributed by atoms with Crippen LogP contribution in [0, 0.1) is 5.92 Å². The lowest BCUT2D eigenvalue weighted by molar-refractivity contribution is -0.136. The van der Waals surface area contributed by atoms with Crippen LogP contribution in [0.5, 0.6) is 0 Å². The summed E-state index contributed by atoms with van der Waals surface area (Å²) < 4.78 is 5.41. The first-order chi connectivity index (χ1) is 7.60. The Balaban J connectivity index is 3.66. The second-order valence-electron chi connectivity index (χ2n) is 3.99. The number of hydrogen-bond donors (Lipinski definition) is 1. The van der Waals surface area contributed by atoms with Crippen molar-refractivity contribution in [3.05, 3.63) is 0 Å². The molecular formula is C12H22O3S. The fourth-order valence-electron chi connectivity index (χ4n) is 1.39. The topological polar surface area (TPSA) is 46.5 Å². The van der Waals surface area contributed by atoms with Gasteiger partial charge in [-0.15, -0.1) is 0 Å². The quantitative estimate of drug-likeness (QED) is 0.633. The molecule has 0 saturated heterocycles. The summed E-state index contributed by atoms with van der Waals surface area (Å²) in [6, 6.07) is 0. The molecule has 0 fully saturated rings. The molecule has 0 aliphatic heterocycles. The third kappa shape index (κ3) is 8.65. The SMILES string of the molecule is CCCCC(CC)COC(=S)CCC(=O)O. The van der Waals surface area contributed by atoms with E-state index in [0.717, 1.165) is 12.8 Å². The number of hydrogen-bond acceptors (Lipinski definition) is 3. The number of rotatable bonds is 9. The summed E-state index contributed by atoms with van der Waals surface area (Å²) in [6.45, 7) is 4.95. The van der Waals surface area contributed by atoms with E-state index in [4.69, 9.17) is 22.1 Å². The molecule has 0 aliphatic rings. The van der Waals surface area contributed by atoms with E-state index in [1.807, 2.05) is 0 Å². The predicted molar refractivity (Wildman–Crippen MR) is 68.7 cm³/mol. The molecule has 4 heteroatoms. The van der Waals surface area contributed by atoms with Gasteiger partial charge in [-0.05, 0) is 24.6 Å². The second-order valence-corrected chi connectivity index (χ2v) is 4.45. The number of carboxylic acids is 1. The Bertz CT molecular complexity index is 216. The van der Waals surface area contributed by atoms with Crippen LogP contribution in [0.2, 0.25) is 0 Å². The molecule has 0 aliphatic carbocycles. The lowest BCUT2D eigenvalue weighted by atomic mass is 10.0. The highest BCUT2D eigenvalue weighted by atomic mass is 32.1. The molecule has 1 unspecified atom stereocenters. The zero-order valence-corrected chi connectivity index (χ0v) is 11.0. The van der Waals surface area contributed by atoms with Crippen LogP contribution >= 0.6 is 12.2 Å². The minimum absolute atomic E-state index is 0.0601. The first-order valence-electron chi connectivity index (χ1n) is 5.97. The number of aliphatic carboxylic acids is 1. The van der Waals surface area contributed by atoms with Gasteiger partial charge in [-0.1, -0.05) is 33.1 Å². The van der Waals surface area contributed by atoms with Crippen molar-refractivity contribution < 1.29 is 14.6 Å². The van der Waals surface area contributed by atoms with Crippen LogP contribution in [0.1, 0.15) is 52.4 Å². The van der Waals surface area contributed by atoms with E-state index >= 15 is 0 Å². The van der Waals surface area contributed by atoms with Crippen molar-refractivity contribution in [1.29, 1.82) is 0 Å². The van der Waals surface area contributed by atoms with Crippen LogP contribution in [0.4, 0.5) is 0 Å². The Labute approximate surface area is 103 Å². The highest BCUT2D eigenvalue weighted by Gasteiger charge is 2.08. The van der Waals surface area contributed by atoms with E-state index < -0.39 is 5.97 Å². The summed E-state index contributed by atoms with van der Waals surface area (Å²) in [7, 11) is 0. The van der Waals surface area contributed by atoms with E-state index in [1.165, 1.54) is 12.8 Å². The number of carboxylic acid groups (broad SMARTS) is 1. The maximum absolute atomic E-state index is 10.3. The van der Waals surface area contributed by atoms with Gasteiger partial charge >= 0.3 is 5.97 Å². The van der Waals surface area contributed by atoms with E-state index in [0.29, 0.717) is 24.0 Å². The van der Waals surface area contributed by atoms with E-state index in [-0.39, 0.29) is 6.42 Å². The second kappa shape index (κ2) is 9.58. The minimum atomic E-state index is -0.830. The summed E-state index contributed by atoms with van der Waals surface area (Å²) >= 11 is 4.97. The van der Waals surface area contributed by atoms with Gasteiger partial charge in [0.1, 0.15) is 0 Å².